The van der Waals surface area contributed by atoms with Gasteiger partial charge in [0.15, 0.2) is 11.5 Å². The van der Waals surface area contributed by atoms with Crippen molar-refractivity contribution in [1.29, 1.82) is 0 Å². The highest BCUT2D eigenvalue weighted by atomic mass is 79.9. The third kappa shape index (κ3) is 3.42. The lowest BCUT2D eigenvalue weighted by atomic mass is 10.1. The van der Waals surface area contributed by atoms with Gasteiger partial charge in [0, 0.05) is 6.07 Å². The standard InChI is InChI=1S/C17H17BrO4/c1-11(19)15-13(20-2)9-14(21-3)16(18)17(15)22-10-12-7-5-4-6-8-12/h4-9H,10H2,1-3H3. The Kier molecular flexibility index (Phi) is 5.44. The maximum absolute atomic E-state index is 12.0. The summed E-state index contributed by atoms with van der Waals surface area (Å²) in [6, 6.07) is 11.4. The molecule has 0 fully saturated rings. The van der Waals surface area contributed by atoms with Crippen molar-refractivity contribution in [3.05, 3.63) is 52.0 Å². The molecular formula is C17H17BrO4. The van der Waals surface area contributed by atoms with Gasteiger partial charge in [-0.2, -0.15) is 0 Å². The van der Waals surface area contributed by atoms with Gasteiger partial charge in [0.05, 0.1) is 14.2 Å². The van der Waals surface area contributed by atoms with Gasteiger partial charge in [0.1, 0.15) is 28.1 Å². The van der Waals surface area contributed by atoms with E-state index in [2.05, 4.69) is 15.9 Å². The zero-order valence-electron chi connectivity index (χ0n) is 12.7. The van der Waals surface area contributed by atoms with Gasteiger partial charge in [-0.15, -0.1) is 0 Å². The molecule has 0 radical (unpaired) electrons. The van der Waals surface area contributed by atoms with Crippen LogP contribution in [0.25, 0.3) is 0 Å². The maximum Gasteiger partial charge on any atom is 0.167 e. The molecule has 0 heterocycles. The normalized spacial score (nSPS) is 10.2. The third-order valence-corrected chi connectivity index (χ3v) is 3.92. The smallest absolute Gasteiger partial charge is 0.167 e. The Morgan fingerprint density at radius 1 is 1.09 bits per heavy atom. The zero-order valence-corrected chi connectivity index (χ0v) is 14.3. The maximum atomic E-state index is 12.0. The molecule has 0 aliphatic rings. The Morgan fingerprint density at radius 3 is 2.27 bits per heavy atom. The van der Waals surface area contributed by atoms with Gasteiger partial charge >= 0.3 is 0 Å². The predicted molar refractivity (Wildman–Crippen MR) is 88.0 cm³/mol. The number of carbonyl (C=O) groups is 1. The Hall–Kier alpha value is -2.01. The fourth-order valence-electron chi connectivity index (χ4n) is 2.10. The first-order chi connectivity index (χ1) is 10.6. The molecule has 116 valence electrons. The first-order valence-electron chi connectivity index (χ1n) is 6.70. The van der Waals surface area contributed by atoms with E-state index >= 15 is 0 Å². The molecule has 0 N–H and O–H groups in total. The van der Waals surface area contributed by atoms with Gasteiger partial charge < -0.3 is 14.2 Å². The van der Waals surface area contributed by atoms with Gasteiger partial charge in [-0.3, -0.25) is 4.79 Å². The van der Waals surface area contributed by atoms with E-state index in [1.165, 1.54) is 14.0 Å². The molecule has 2 aromatic rings. The lowest BCUT2D eigenvalue weighted by Crippen LogP contribution is -2.06. The van der Waals surface area contributed by atoms with Gasteiger partial charge in [-0.25, -0.2) is 0 Å². The van der Waals surface area contributed by atoms with Crippen molar-refractivity contribution < 1.29 is 19.0 Å². The number of rotatable bonds is 6. The van der Waals surface area contributed by atoms with Crippen molar-refractivity contribution in [2.75, 3.05) is 14.2 Å². The second-order valence-electron chi connectivity index (χ2n) is 4.63. The number of halogens is 1. The molecule has 2 rings (SSSR count). The van der Waals surface area contributed by atoms with Crippen molar-refractivity contribution in [1.82, 2.24) is 0 Å². The Morgan fingerprint density at radius 2 is 1.73 bits per heavy atom. The van der Waals surface area contributed by atoms with Crippen LogP contribution in [-0.2, 0) is 6.61 Å². The van der Waals surface area contributed by atoms with Crippen LogP contribution in [0, 0.1) is 0 Å². The molecule has 0 unspecified atom stereocenters. The van der Waals surface area contributed by atoms with E-state index in [4.69, 9.17) is 14.2 Å². The van der Waals surface area contributed by atoms with Crippen molar-refractivity contribution in [3.8, 4) is 17.2 Å². The van der Waals surface area contributed by atoms with Crippen LogP contribution in [0.15, 0.2) is 40.9 Å². The largest absolute Gasteiger partial charge is 0.496 e. The molecular weight excluding hydrogens is 348 g/mol. The average molecular weight is 365 g/mol. The van der Waals surface area contributed by atoms with Crippen molar-refractivity contribution in [2.24, 2.45) is 0 Å². The summed E-state index contributed by atoms with van der Waals surface area (Å²) in [7, 11) is 3.06. The van der Waals surface area contributed by atoms with Crippen LogP contribution < -0.4 is 14.2 Å². The van der Waals surface area contributed by atoms with Crippen molar-refractivity contribution in [2.45, 2.75) is 13.5 Å². The van der Waals surface area contributed by atoms with Gasteiger partial charge in [-0.05, 0) is 28.4 Å². The van der Waals surface area contributed by atoms with Crippen molar-refractivity contribution in [3.63, 3.8) is 0 Å². The van der Waals surface area contributed by atoms with Crippen LogP contribution in [-0.4, -0.2) is 20.0 Å². The van der Waals surface area contributed by atoms with E-state index in [0.717, 1.165) is 5.56 Å². The second-order valence-corrected chi connectivity index (χ2v) is 5.42. The number of carbonyl (C=O) groups excluding carboxylic acids is 1. The molecule has 0 amide bonds. The zero-order chi connectivity index (χ0) is 16.1. The fraction of sp³-hybridized carbons (Fsp3) is 0.235. The highest BCUT2D eigenvalue weighted by Crippen LogP contribution is 2.43. The summed E-state index contributed by atoms with van der Waals surface area (Å²) >= 11 is 3.44. The van der Waals surface area contributed by atoms with Gasteiger partial charge in [-0.1, -0.05) is 30.3 Å². The summed E-state index contributed by atoms with van der Waals surface area (Å²) in [5, 5.41) is 0. The molecule has 0 saturated heterocycles. The lowest BCUT2D eigenvalue weighted by Gasteiger charge is -2.17. The minimum absolute atomic E-state index is 0.136. The van der Waals surface area contributed by atoms with Gasteiger partial charge in [0.25, 0.3) is 0 Å². The van der Waals surface area contributed by atoms with E-state index < -0.39 is 0 Å². The molecule has 5 heteroatoms. The molecule has 0 saturated carbocycles. The molecule has 0 aromatic heterocycles. The van der Waals surface area contributed by atoms with Crippen LogP contribution in [0.2, 0.25) is 0 Å². The number of ketones is 1. The summed E-state index contributed by atoms with van der Waals surface area (Å²) in [5.41, 5.74) is 1.40. The number of Topliss-reactive ketones (excluding diaryl/α,β-unsaturated/α-hetero) is 1. The van der Waals surface area contributed by atoms with E-state index in [0.29, 0.717) is 33.9 Å². The highest BCUT2D eigenvalue weighted by Gasteiger charge is 2.22. The number of methoxy groups -OCH3 is 2. The van der Waals surface area contributed by atoms with E-state index in [-0.39, 0.29) is 5.78 Å². The fourth-order valence-corrected chi connectivity index (χ4v) is 2.69. The molecule has 0 spiro atoms. The number of ether oxygens (including phenoxy) is 3. The van der Waals surface area contributed by atoms with Crippen LogP contribution in [0.3, 0.4) is 0 Å². The number of hydrogen-bond acceptors (Lipinski definition) is 4. The molecule has 0 atom stereocenters. The summed E-state index contributed by atoms with van der Waals surface area (Å²) in [6.07, 6.45) is 0. The molecule has 0 aliphatic heterocycles. The van der Waals surface area contributed by atoms with E-state index in [9.17, 15) is 4.79 Å². The third-order valence-electron chi connectivity index (χ3n) is 3.17. The van der Waals surface area contributed by atoms with Crippen LogP contribution in [0.5, 0.6) is 17.2 Å². The first kappa shape index (κ1) is 16.4. The molecule has 0 bridgehead atoms. The minimum atomic E-state index is -0.136. The van der Waals surface area contributed by atoms with Crippen LogP contribution in [0.1, 0.15) is 22.8 Å². The number of hydrogen-bond donors (Lipinski definition) is 0. The summed E-state index contributed by atoms with van der Waals surface area (Å²) in [5.74, 6) is 1.26. The Balaban J connectivity index is 2.44. The van der Waals surface area contributed by atoms with Crippen LogP contribution >= 0.6 is 15.9 Å². The van der Waals surface area contributed by atoms with Crippen LogP contribution in [0.4, 0.5) is 0 Å². The number of benzene rings is 2. The molecule has 22 heavy (non-hydrogen) atoms. The Bertz CT molecular complexity index is 668. The first-order valence-corrected chi connectivity index (χ1v) is 7.50. The Labute approximate surface area is 138 Å². The van der Waals surface area contributed by atoms with Crippen molar-refractivity contribution >= 4 is 21.7 Å². The SMILES string of the molecule is COc1cc(OC)c(C(C)=O)c(OCc2ccccc2)c1Br. The molecule has 4 nitrogen and oxygen atoms in total. The average Bonchev–Trinajstić information content (AvgIpc) is 2.54. The topological polar surface area (TPSA) is 44.8 Å². The lowest BCUT2D eigenvalue weighted by molar-refractivity contribution is 0.101. The highest BCUT2D eigenvalue weighted by molar-refractivity contribution is 9.10. The second kappa shape index (κ2) is 7.31. The predicted octanol–water partition coefficient (Wildman–Crippen LogP) is 4.25. The van der Waals surface area contributed by atoms with E-state index in [1.54, 1.807) is 13.2 Å². The quantitative estimate of drug-likeness (QED) is 0.718. The summed E-state index contributed by atoms with van der Waals surface area (Å²) < 4.78 is 17.1. The molecule has 2 aromatic carbocycles. The minimum Gasteiger partial charge on any atom is -0.496 e. The molecule has 0 aliphatic carbocycles. The monoisotopic (exact) mass is 364 g/mol. The summed E-state index contributed by atoms with van der Waals surface area (Å²) in [4.78, 5) is 12.0. The van der Waals surface area contributed by atoms with E-state index in [1.807, 2.05) is 30.3 Å². The van der Waals surface area contributed by atoms with Gasteiger partial charge in [0.2, 0.25) is 0 Å². The summed E-state index contributed by atoms with van der Waals surface area (Å²) in [6.45, 7) is 1.82.